The highest BCUT2D eigenvalue weighted by Gasteiger charge is 2.37. The van der Waals surface area contributed by atoms with Crippen molar-refractivity contribution in [1.29, 1.82) is 0 Å². The van der Waals surface area contributed by atoms with Crippen LogP contribution in [0.25, 0.3) is 0 Å². The Labute approximate surface area is 101 Å². The zero-order chi connectivity index (χ0) is 12.3. The van der Waals surface area contributed by atoms with Crippen molar-refractivity contribution in [2.75, 3.05) is 7.11 Å². The molecule has 1 aliphatic heterocycles. The highest BCUT2D eigenvalue weighted by Crippen LogP contribution is 2.25. The SMILES string of the molecule is COC(=O)C1CCC(O)N1Cc1ccccc1. The number of esters is 1. The van der Waals surface area contributed by atoms with E-state index in [1.54, 1.807) is 4.90 Å². The monoisotopic (exact) mass is 235 g/mol. The maximum Gasteiger partial charge on any atom is 0.323 e. The van der Waals surface area contributed by atoms with Gasteiger partial charge in [-0.3, -0.25) is 9.69 Å². The summed E-state index contributed by atoms with van der Waals surface area (Å²) in [5.41, 5.74) is 1.09. The third-order valence-electron chi connectivity index (χ3n) is 3.16. The molecule has 92 valence electrons. The van der Waals surface area contributed by atoms with Crippen LogP contribution in [0.5, 0.6) is 0 Å². The molecule has 0 radical (unpaired) electrons. The number of likely N-dealkylation sites (tertiary alicyclic amines) is 1. The Hall–Kier alpha value is -1.39. The van der Waals surface area contributed by atoms with Gasteiger partial charge in [-0.2, -0.15) is 0 Å². The Morgan fingerprint density at radius 3 is 2.76 bits per heavy atom. The van der Waals surface area contributed by atoms with Crippen LogP contribution in [0.4, 0.5) is 0 Å². The largest absolute Gasteiger partial charge is 0.468 e. The molecule has 1 aromatic carbocycles. The molecule has 1 aromatic rings. The van der Waals surface area contributed by atoms with Gasteiger partial charge < -0.3 is 9.84 Å². The zero-order valence-electron chi connectivity index (χ0n) is 9.87. The second-order valence-corrected chi connectivity index (χ2v) is 4.25. The van der Waals surface area contributed by atoms with E-state index in [1.165, 1.54) is 7.11 Å². The summed E-state index contributed by atoms with van der Waals surface area (Å²) in [6, 6.07) is 9.49. The lowest BCUT2D eigenvalue weighted by Gasteiger charge is -2.25. The molecule has 0 amide bonds. The molecule has 1 heterocycles. The van der Waals surface area contributed by atoms with Gasteiger partial charge in [-0.25, -0.2) is 0 Å². The van der Waals surface area contributed by atoms with Gasteiger partial charge in [0.2, 0.25) is 0 Å². The van der Waals surface area contributed by atoms with Crippen LogP contribution in [0.15, 0.2) is 30.3 Å². The molecule has 1 N–H and O–H groups in total. The van der Waals surface area contributed by atoms with Gasteiger partial charge in [0.05, 0.1) is 7.11 Å². The molecule has 0 aliphatic carbocycles. The second-order valence-electron chi connectivity index (χ2n) is 4.25. The number of aliphatic hydroxyl groups excluding tert-OH is 1. The molecule has 4 nitrogen and oxygen atoms in total. The molecule has 0 spiro atoms. The third kappa shape index (κ3) is 2.65. The number of carbonyl (C=O) groups is 1. The quantitative estimate of drug-likeness (QED) is 0.798. The van der Waals surface area contributed by atoms with Gasteiger partial charge in [-0.05, 0) is 18.4 Å². The van der Waals surface area contributed by atoms with Crippen molar-refractivity contribution in [1.82, 2.24) is 4.90 Å². The van der Waals surface area contributed by atoms with E-state index in [0.29, 0.717) is 19.4 Å². The molecular formula is C13H17NO3. The summed E-state index contributed by atoms with van der Waals surface area (Å²) in [7, 11) is 1.38. The minimum Gasteiger partial charge on any atom is -0.468 e. The van der Waals surface area contributed by atoms with Crippen LogP contribution in [0, 0.1) is 0 Å². The molecule has 4 heteroatoms. The van der Waals surface area contributed by atoms with E-state index in [-0.39, 0.29) is 12.0 Å². The van der Waals surface area contributed by atoms with Gasteiger partial charge in [-0.1, -0.05) is 30.3 Å². The number of hydrogen-bond donors (Lipinski definition) is 1. The zero-order valence-corrected chi connectivity index (χ0v) is 9.87. The van der Waals surface area contributed by atoms with Crippen LogP contribution < -0.4 is 0 Å². The summed E-state index contributed by atoms with van der Waals surface area (Å²) in [5, 5.41) is 9.88. The molecule has 2 atom stereocenters. The van der Waals surface area contributed by atoms with E-state index in [2.05, 4.69) is 0 Å². The van der Waals surface area contributed by atoms with Crippen molar-refractivity contribution in [2.45, 2.75) is 31.7 Å². The number of rotatable bonds is 3. The molecule has 1 saturated heterocycles. The van der Waals surface area contributed by atoms with Crippen LogP contribution in [-0.2, 0) is 16.1 Å². The molecule has 2 rings (SSSR count). The van der Waals surface area contributed by atoms with E-state index in [1.807, 2.05) is 30.3 Å². The van der Waals surface area contributed by atoms with Crippen molar-refractivity contribution in [3.05, 3.63) is 35.9 Å². The highest BCUT2D eigenvalue weighted by atomic mass is 16.5. The Morgan fingerprint density at radius 1 is 1.41 bits per heavy atom. The lowest BCUT2D eigenvalue weighted by molar-refractivity contribution is -0.148. The van der Waals surface area contributed by atoms with Gasteiger partial charge in [0.25, 0.3) is 0 Å². The molecule has 2 unspecified atom stereocenters. The number of nitrogens with zero attached hydrogens (tertiary/aromatic N) is 1. The predicted molar refractivity (Wildman–Crippen MR) is 63.0 cm³/mol. The number of aliphatic hydroxyl groups is 1. The standard InChI is InChI=1S/C13H17NO3/c1-17-13(16)11-7-8-12(15)14(11)9-10-5-3-2-4-6-10/h2-6,11-12,15H,7-9H2,1H3. The predicted octanol–water partition coefficient (Wildman–Crippen LogP) is 1.14. The van der Waals surface area contributed by atoms with Crippen molar-refractivity contribution < 1.29 is 14.6 Å². The number of ether oxygens (including phenoxy) is 1. The van der Waals surface area contributed by atoms with Gasteiger partial charge >= 0.3 is 5.97 Å². The highest BCUT2D eigenvalue weighted by molar-refractivity contribution is 5.76. The molecule has 0 aromatic heterocycles. The van der Waals surface area contributed by atoms with Crippen LogP contribution in [0.3, 0.4) is 0 Å². The van der Waals surface area contributed by atoms with E-state index < -0.39 is 6.23 Å². The smallest absolute Gasteiger partial charge is 0.323 e. The Balaban J connectivity index is 2.09. The number of carbonyl (C=O) groups excluding carboxylic acids is 1. The van der Waals surface area contributed by atoms with Crippen LogP contribution in [-0.4, -0.2) is 35.4 Å². The van der Waals surface area contributed by atoms with Gasteiger partial charge in [-0.15, -0.1) is 0 Å². The number of hydrogen-bond acceptors (Lipinski definition) is 4. The summed E-state index contributed by atoms with van der Waals surface area (Å²) >= 11 is 0. The maximum absolute atomic E-state index is 11.6. The molecule has 17 heavy (non-hydrogen) atoms. The lowest BCUT2D eigenvalue weighted by atomic mass is 10.2. The molecule has 0 saturated carbocycles. The van der Waals surface area contributed by atoms with Crippen molar-refractivity contribution in [3.63, 3.8) is 0 Å². The fourth-order valence-electron chi connectivity index (χ4n) is 2.25. The van der Waals surface area contributed by atoms with E-state index in [0.717, 1.165) is 5.56 Å². The number of methoxy groups -OCH3 is 1. The van der Waals surface area contributed by atoms with Crippen LogP contribution in [0.2, 0.25) is 0 Å². The molecule has 1 fully saturated rings. The summed E-state index contributed by atoms with van der Waals surface area (Å²) < 4.78 is 4.76. The first-order chi connectivity index (χ1) is 8.22. The Kier molecular flexibility index (Phi) is 3.76. The topological polar surface area (TPSA) is 49.8 Å². The van der Waals surface area contributed by atoms with Gasteiger partial charge in [0.15, 0.2) is 0 Å². The summed E-state index contributed by atoms with van der Waals surface area (Å²) in [6.45, 7) is 0.571. The molecule has 0 bridgehead atoms. The molecule has 1 aliphatic rings. The van der Waals surface area contributed by atoms with Crippen LogP contribution in [0.1, 0.15) is 18.4 Å². The van der Waals surface area contributed by atoms with Crippen molar-refractivity contribution >= 4 is 5.97 Å². The van der Waals surface area contributed by atoms with Gasteiger partial charge in [0.1, 0.15) is 12.3 Å². The minimum absolute atomic E-state index is 0.266. The first-order valence-corrected chi connectivity index (χ1v) is 5.78. The Morgan fingerprint density at radius 2 is 2.12 bits per heavy atom. The fraction of sp³-hybridized carbons (Fsp3) is 0.462. The van der Waals surface area contributed by atoms with E-state index >= 15 is 0 Å². The lowest BCUT2D eigenvalue weighted by Crippen LogP contribution is -2.40. The third-order valence-corrected chi connectivity index (χ3v) is 3.16. The first kappa shape index (κ1) is 12.1. The Bertz CT molecular complexity index is 380. The van der Waals surface area contributed by atoms with Crippen molar-refractivity contribution in [3.8, 4) is 0 Å². The van der Waals surface area contributed by atoms with Crippen molar-refractivity contribution in [2.24, 2.45) is 0 Å². The maximum atomic E-state index is 11.6. The summed E-state index contributed by atoms with van der Waals surface area (Å²) in [5.74, 6) is -0.266. The second kappa shape index (κ2) is 5.29. The minimum atomic E-state index is -0.556. The first-order valence-electron chi connectivity index (χ1n) is 5.78. The van der Waals surface area contributed by atoms with Gasteiger partial charge in [0, 0.05) is 6.54 Å². The fourth-order valence-corrected chi connectivity index (χ4v) is 2.25. The van der Waals surface area contributed by atoms with E-state index in [4.69, 9.17) is 4.74 Å². The average molecular weight is 235 g/mol. The molecular weight excluding hydrogens is 218 g/mol. The normalized spacial score (nSPS) is 24.8. The van der Waals surface area contributed by atoms with E-state index in [9.17, 15) is 9.90 Å². The van der Waals surface area contributed by atoms with Crippen LogP contribution >= 0.6 is 0 Å². The number of benzene rings is 1. The summed E-state index contributed by atoms with van der Waals surface area (Å²) in [6.07, 6.45) is 0.715. The summed E-state index contributed by atoms with van der Waals surface area (Å²) in [4.78, 5) is 13.4. The average Bonchev–Trinajstić information content (AvgIpc) is 2.72.